The lowest BCUT2D eigenvalue weighted by molar-refractivity contribution is -0.890. The molecular formula is C18H25N4O5S+. The van der Waals surface area contributed by atoms with Crippen molar-refractivity contribution in [3.05, 3.63) is 58.1 Å². The SMILES string of the molecule is CNS(=O)(=O)c1ccc(NC[C@@H](c2ccc(OC)cc2)[NH+](C)C)c([N+](=O)[O-])c1. The number of methoxy groups -OCH3 is 1. The van der Waals surface area contributed by atoms with Crippen molar-refractivity contribution in [3.63, 3.8) is 0 Å². The Morgan fingerprint density at radius 2 is 1.82 bits per heavy atom. The van der Waals surface area contributed by atoms with Crippen LogP contribution in [0.15, 0.2) is 47.4 Å². The summed E-state index contributed by atoms with van der Waals surface area (Å²) in [4.78, 5) is 11.8. The van der Waals surface area contributed by atoms with Crippen LogP contribution in [0.2, 0.25) is 0 Å². The number of sulfonamides is 1. The minimum atomic E-state index is -3.76. The van der Waals surface area contributed by atoms with Gasteiger partial charge in [0.15, 0.2) is 0 Å². The third-order valence-corrected chi connectivity index (χ3v) is 5.87. The Bertz CT molecular complexity index is 929. The zero-order valence-electron chi connectivity index (χ0n) is 16.2. The second-order valence-corrected chi connectivity index (χ2v) is 8.31. The molecule has 0 spiro atoms. The van der Waals surface area contributed by atoms with E-state index in [9.17, 15) is 18.5 Å². The number of rotatable bonds is 9. The molecule has 28 heavy (non-hydrogen) atoms. The van der Waals surface area contributed by atoms with Gasteiger partial charge in [-0.25, -0.2) is 13.1 Å². The average Bonchev–Trinajstić information content (AvgIpc) is 2.68. The average molecular weight is 409 g/mol. The van der Waals surface area contributed by atoms with E-state index in [-0.39, 0.29) is 22.3 Å². The molecule has 0 fully saturated rings. The van der Waals surface area contributed by atoms with Crippen molar-refractivity contribution in [2.24, 2.45) is 0 Å². The highest BCUT2D eigenvalue weighted by Gasteiger charge is 2.23. The van der Waals surface area contributed by atoms with Gasteiger partial charge < -0.3 is 15.0 Å². The van der Waals surface area contributed by atoms with Crippen LogP contribution in [-0.2, 0) is 10.0 Å². The quantitative estimate of drug-likeness (QED) is 0.417. The van der Waals surface area contributed by atoms with Crippen molar-refractivity contribution < 1.29 is 23.0 Å². The van der Waals surface area contributed by atoms with Gasteiger partial charge >= 0.3 is 0 Å². The van der Waals surface area contributed by atoms with Crippen molar-refractivity contribution in [1.29, 1.82) is 0 Å². The van der Waals surface area contributed by atoms with Gasteiger partial charge in [0.1, 0.15) is 17.5 Å². The van der Waals surface area contributed by atoms with Gasteiger partial charge in [-0.3, -0.25) is 10.1 Å². The number of likely N-dealkylation sites (N-methyl/N-ethyl adjacent to an activating group) is 1. The molecule has 3 N–H and O–H groups in total. The van der Waals surface area contributed by atoms with E-state index in [1.165, 1.54) is 19.2 Å². The lowest BCUT2D eigenvalue weighted by Gasteiger charge is -2.23. The maximum Gasteiger partial charge on any atom is 0.293 e. The number of nitrogens with zero attached hydrogens (tertiary/aromatic N) is 1. The largest absolute Gasteiger partial charge is 0.497 e. The molecule has 2 aromatic rings. The van der Waals surface area contributed by atoms with Crippen molar-refractivity contribution in [3.8, 4) is 5.75 Å². The minimum absolute atomic E-state index is 0.0197. The molecule has 0 aliphatic heterocycles. The number of anilines is 1. The minimum Gasteiger partial charge on any atom is -0.497 e. The summed E-state index contributed by atoms with van der Waals surface area (Å²) in [6.45, 7) is 0.424. The van der Waals surface area contributed by atoms with Crippen LogP contribution in [0, 0.1) is 10.1 Å². The van der Waals surface area contributed by atoms with Crippen LogP contribution in [-0.4, -0.2) is 48.1 Å². The molecule has 1 atom stereocenters. The van der Waals surface area contributed by atoms with Gasteiger partial charge in [-0.2, -0.15) is 0 Å². The van der Waals surface area contributed by atoms with Crippen LogP contribution in [0.25, 0.3) is 0 Å². The first kappa shape index (κ1) is 21.6. The monoisotopic (exact) mass is 409 g/mol. The molecule has 0 bridgehead atoms. The van der Waals surface area contributed by atoms with E-state index < -0.39 is 14.9 Å². The van der Waals surface area contributed by atoms with Crippen LogP contribution in [0.1, 0.15) is 11.6 Å². The van der Waals surface area contributed by atoms with Crippen molar-refractivity contribution in [2.45, 2.75) is 10.9 Å². The van der Waals surface area contributed by atoms with Crippen molar-refractivity contribution in [1.82, 2.24) is 4.72 Å². The van der Waals surface area contributed by atoms with Crippen molar-refractivity contribution >= 4 is 21.4 Å². The van der Waals surface area contributed by atoms with E-state index in [1.54, 1.807) is 7.11 Å². The Labute approximate surface area is 164 Å². The molecule has 0 heterocycles. The standard InChI is InChI=1S/C18H24N4O5S/c1-19-28(25,26)15-9-10-16(17(11-15)22(23)24)20-12-18(21(2)3)13-5-7-14(27-4)8-6-13/h5-11,18-20H,12H2,1-4H3/p+1/t18-/m0/s1. The zero-order valence-corrected chi connectivity index (χ0v) is 17.0. The summed E-state index contributed by atoms with van der Waals surface area (Å²) in [5.41, 5.74) is 1.02. The van der Waals surface area contributed by atoms with Crippen LogP contribution >= 0.6 is 0 Å². The first-order valence-corrected chi connectivity index (χ1v) is 10.1. The number of hydrogen-bond donors (Lipinski definition) is 3. The summed E-state index contributed by atoms with van der Waals surface area (Å²) < 4.78 is 31.2. The smallest absolute Gasteiger partial charge is 0.293 e. The van der Waals surface area contributed by atoms with E-state index in [0.29, 0.717) is 6.54 Å². The number of hydrogen-bond acceptors (Lipinski definition) is 6. The van der Waals surface area contributed by atoms with Gasteiger partial charge in [-0.05, 0) is 43.4 Å². The lowest BCUT2D eigenvalue weighted by atomic mass is 10.1. The highest BCUT2D eigenvalue weighted by atomic mass is 32.2. The Kier molecular flexibility index (Phi) is 6.95. The van der Waals surface area contributed by atoms with Gasteiger partial charge in [0.05, 0.1) is 37.6 Å². The fraction of sp³-hybridized carbons (Fsp3) is 0.333. The zero-order chi connectivity index (χ0) is 20.9. The van der Waals surface area contributed by atoms with Gasteiger partial charge in [-0.15, -0.1) is 0 Å². The number of benzene rings is 2. The van der Waals surface area contributed by atoms with E-state index in [2.05, 4.69) is 10.0 Å². The molecule has 2 rings (SSSR count). The Balaban J connectivity index is 2.28. The Hall–Kier alpha value is -2.69. The molecule has 2 aromatic carbocycles. The highest BCUT2D eigenvalue weighted by Crippen LogP contribution is 2.28. The highest BCUT2D eigenvalue weighted by molar-refractivity contribution is 7.89. The topological polar surface area (TPSA) is 115 Å². The van der Waals surface area contributed by atoms with E-state index in [1.807, 2.05) is 38.4 Å². The summed E-state index contributed by atoms with van der Waals surface area (Å²) in [7, 11) is 3.08. The Morgan fingerprint density at radius 3 is 2.32 bits per heavy atom. The molecule has 0 aliphatic carbocycles. The summed E-state index contributed by atoms with van der Waals surface area (Å²) >= 11 is 0. The van der Waals surface area contributed by atoms with E-state index >= 15 is 0 Å². The first-order chi connectivity index (χ1) is 13.2. The molecule has 9 nitrogen and oxygen atoms in total. The van der Waals surface area contributed by atoms with E-state index in [4.69, 9.17) is 4.74 Å². The first-order valence-electron chi connectivity index (χ1n) is 8.59. The maximum atomic E-state index is 11.9. The molecule has 10 heteroatoms. The maximum absolute atomic E-state index is 11.9. The Morgan fingerprint density at radius 1 is 1.18 bits per heavy atom. The summed E-state index contributed by atoms with van der Waals surface area (Å²) in [6.07, 6.45) is 0. The molecule has 0 aromatic heterocycles. The number of ether oxygens (including phenoxy) is 1. The fourth-order valence-electron chi connectivity index (χ4n) is 2.80. The number of quaternary nitrogens is 1. The molecular weight excluding hydrogens is 384 g/mol. The predicted octanol–water partition coefficient (Wildman–Crippen LogP) is 0.809. The van der Waals surface area contributed by atoms with Gasteiger partial charge in [0, 0.05) is 11.6 Å². The van der Waals surface area contributed by atoms with E-state index in [0.717, 1.165) is 22.3 Å². The molecule has 0 radical (unpaired) electrons. The summed E-state index contributed by atoms with van der Waals surface area (Å²) in [5, 5.41) is 14.5. The number of nitro benzene ring substituents is 1. The summed E-state index contributed by atoms with van der Waals surface area (Å²) in [6, 6.07) is 11.5. The molecule has 0 amide bonds. The number of nitrogens with one attached hydrogen (secondary N) is 3. The van der Waals surface area contributed by atoms with Crippen LogP contribution < -0.4 is 19.7 Å². The fourth-order valence-corrected chi connectivity index (χ4v) is 3.55. The molecule has 0 aliphatic rings. The van der Waals surface area contributed by atoms with Crippen LogP contribution in [0.3, 0.4) is 0 Å². The number of nitro groups is 1. The van der Waals surface area contributed by atoms with Crippen molar-refractivity contribution in [2.75, 3.05) is 40.1 Å². The molecule has 0 saturated carbocycles. The second-order valence-electron chi connectivity index (χ2n) is 6.43. The normalized spacial score (nSPS) is 12.6. The van der Waals surface area contributed by atoms with Gasteiger partial charge in [0.25, 0.3) is 5.69 Å². The third-order valence-electron chi connectivity index (χ3n) is 4.46. The second kappa shape index (κ2) is 9.00. The predicted molar refractivity (Wildman–Crippen MR) is 106 cm³/mol. The molecule has 152 valence electrons. The van der Waals surface area contributed by atoms with Gasteiger partial charge in [-0.1, -0.05) is 0 Å². The van der Waals surface area contributed by atoms with Crippen LogP contribution in [0.4, 0.5) is 11.4 Å². The van der Waals surface area contributed by atoms with Gasteiger partial charge in [0.2, 0.25) is 10.0 Å². The lowest BCUT2D eigenvalue weighted by Crippen LogP contribution is -3.06. The van der Waals surface area contributed by atoms with Crippen LogP contribution in [0.5, 0.6) is 5.75 Å². The third kappa shape index (κ3) is 4.97. The molecule has 0 saturated heterocycles. The summed E-state index contributed by atoms with van der Waals surface area (Å²) in [5.74, 6) is 0.751. The molecule has 0 unspecified atom stereocenters.